The number of rotatable bonds is 7. The molecule has 0 radical (unpaired) electrons. The Balaban J connectivity index is 1.42. The summed E-state index contributed by atoms with van der Waals surface area (Å²) in [4.78, 5) is 6.78. The summed E-state index contributed by atoms with van der Waals surface area (Å²) in [6.07, 6.45) is 2.26. The van der Waals surface area contributed by atoms with Gasteiger partial charge in [0.05, 0.1) is 11.9 Å². The summed E-state index contributed by atoms with van der Waals surface area (Å²) in [6, 6.07) is 13.0. The van der Waals surface area contributed by atoms with Gasteiger partial charge in [-0.1, -0.05) is 23.4 Å². The van der Waals surface area contributed by atoms with Crippen molar-refractivity contribution in [2.45, 2.75) is 31.6 Å². The van der Waals surface area contributed by atoms with Gasteiger partial charge in [-0.15, -0.1) is 9.60 Å². The van der Waals surface area contributed by atoms with Crippen molar-refractivity contribution in [2.24, 2.45) is 5.92 Å². The third-order valence-electron chi connectivity index (χ3n) is 6.45. The first-order valence-corrected chi connectivity index (χ1v) is 13.1. The number of nitrogens with zero attached hydrogens (tertiary/aromatic N) is 4. The number of hydrogen-bond acceptors (Lipinski definition) is 9. The molecule has 2 aliphatic heterocycles. The Morgan fingerprint density at radius 1 is 1.15 bits per heavy atom. The van der Waals surface area contributed by atoms with Gasteiger partial charge in [-0.2, -0.15) is 8.42 Å². The fourth-order valence-electron chi connectivity index (χ4n) is 4.80. The average Bonchev–Trinajstić information content (AvgIpc) is 3.25. The van der Waals surface area contributed by atoms with E-state index >= 15 is 0 Å². The molecule has 3 atom stereocenters. The van der Waals surface area contributed by atoms with E-state index in [1.54, 1.807) is 18.2 Å². The lowest BCUT2D eigenvalue weighted by molar-refractivity contribution is -0.0759. The molecular formula is C23H27FN4O5S. The Hall–Kier alpha value is -2.60. The standard InChI is InChI=1S/C23H27FN4O5S/c1-34(29,30)31-15-17-5-4-8-21(25-17)32-23(22-19-6-2-3-7-20(19)33-26-22)16-9-10-18-14-28(24)12-11-27(18)13-16/h2-8,16,18,23H,9-15H2,1H3. The number of fused-ring (bicyclic) bond motifs is 2. The maximum atomic E-state index is 13.8. The molecule has 5 rings (SSSR count). The van der Waals surface area contributed by atoms with E-state index < -0.39 is 16.2 Å². The highest BCUT2D eigenvalue weighted by molar-refractivity contribution is 7.85. The molecule has 4 heterocycles. The van der Waals surface area contributed by atoms with Crippen molar-refractivity contribution in [3.63, 3.8) is 0 Å². The van der Waals surface area contributed by atoms with Crippen LogP contribution in [-0.4, -0.2) is 67.1 Å². The minimum Gasteiger partial charge on any atom is -0.467 e. The van der Waals surface area contributed by atoms with E-state index in [0.717, 1.165) is 36.2 Å². The molecular weight excluding hydrogens is 463 g/mol. The first-order chi connectivity index (χ1) is 16.4. The first kappa shape index (κ1) is 23.2. The summed E-state index contributed by atoms with van der Waals surface area (Å²) in [6.45, 7) is 2.06. The summed E-state index contributed by atoms with van der Waals surface area (Å²) in [5, 5.41) is 6.13. The second-order valence-electron chi connectivity index (χ2n) is 8.89. The number of piperazine rings is 1. The van der Waals surface area contributed by atoms with Crippen molar-refractivity contribution in [3.8, 4) is 5.88 Å². The van der Waals surface area contributed by atoms with E-state index in [0.29, 0.717) is 42.5 Å². The molecule has 0 N–H and O–H groups in total. The topological polar surface area (TPSA) is 98.0 Å². The van der Waals surface area contributed by atoms with Crippen molar-refractivity contribution in [1.82, 2.24) is 20.2 Å². The zero-order chi connectivity index (χ0) is 23.7. The van der Waals surface area contributed by atoms with Gasteiger partial charge in [0, 0.05) is 49.6 Å². The molecule has 182 valence electrons. The van der Waals surface area contributed by atoms with Crippen LogP contribution in [0.15, 0.2) is 47.0 Å². The van der Waals surface area contributed by atoms with E-state index in [1.165, 1.54) is 0 Å². The van der Waals surface area contributed by atoms with Crippen LogP contribution < -0.4 is 4.74 Å². The van der Waals surface area contributed by atoms with E-state index in [-0.39, 0.29) is 18.6 Å². The van der Waals surface area contributed by atoms with Crippen molar-refractivity contribution >= 4 is 21.1 Å². The van der Waals surface area contributed by atoms with E-state index in [1.807, 2.05) is 24.3 Å². The lowest BCUT2D eigenvalue weighted by Gasteiger charge is -2.45. The highest BCUT2D eigenvalue weighted by Crippen LogP contribution is 2.38. The van der Waals surface area contributed by atoms with Crippen LogP contribution in [0, 0.1) is 5.92 Å². The molecule has 0 aliphatic carbocycles. The van der Waals surface area contributed by atoms with Crippen molar-refractivity contribution < 1.29 is 26.3 Å². The lowest BCUT2D eigenvalue weighted by atomic mass is 9.85. The molecule has 2 aromatic heterocycles. The quantitative estimate of drug-likeness (QED) is 0.365. The van der Waals surface area contributed by atoms with Gasteiger partial charge in [0.1, 0.15) is 12.3 Å². The smallest absolute Gasteiger partial charge is 0.264 e. The first-order valence-electron chi connectivity index (χ1n) is 11.3. The molecule has 34 heavy (non-hydrogen) atoms. The third kappa shape index (κ3) is 5.22. The number of para-hydroxylation sites is 1. The normalized spacial score (nSPS) is 23.0. The van der Waals surface area contributed by atoms with Gasteiger partial charge in [-0.25, -0.2) is 4.98 Å². The molecule has 0 saturated carbocycles. The molecule has 1 aromatic carbocycles. The van der Waals surface area contributed by atoms with Gasteiger partial charge in [-0.05, 0) is 31.0 Å². The molecule has 2 aliphatic rings. The molecule has 3 aromatic rings. The van der Waals surface area contributed by atoms with Gasteiger partial charge in [-0.3, -0.25) is 9.08 Å². The van der Waals surface area contributed by atoms with Crippen LogP contribution in [0.25, 0.3) is 11.0 Å². The minimum atomic E-state index is -3.59. The Morgan fingerprint density at radius 2 is 2.00 bits per heavy atom. The second-order valence-corrected chi connectivity index (χ2v) is 10.5. The Bertz CT molecular complexity index is 1250. The zero-order valence-electron chi connectivity index (χ0n) is 18.8. The molecule has 2 saturated heterocycles. The number of pyridine rings is 1. The highest BCUT2D eigenvalue weighted by Gasteiger charge is 2.39. The van der Waals surface area contributed by atoms with Crippen LogP contribution in [-0.2, 0) is 20.9 Å². The summed E-state index contributed by atoms with van der Waals surface area (Å²) < 4.78 is 53.4. The molecule has 9 nitrogen and oxygen atoms in total. The predicted molar refractivity (Wildman–Crippen MR) is 122 cm³/mol. The van der Waals surface area contributed by atoms with Gasteiger partial charge in [0.25, 0.3) is 10.1 Å². The summed E-state index contributed by atoms with van der Waals surface area (Å²) >= 11 is 0. The van der Waals surface area contributed by atoms with Crippen LogP contribution in [0.2, 0.25) is 0 Å². The van der Waals surface area contributed by atoms with Gasteiger partial charge in [0.15, 0.2) is 11.7 Å². The SMILES string of the molecule is CS(=O)(=O)OCc1cccc(OC(c2noc3ccccc23)C2CCC3CN(F)CCN3C2)n1. The number of aromatic nitrogens is 2. The Labute approximate surface area is 197 Å². The maximum absolute atomic E-state index is 13.8. The molecule has 0 amide bonds. The van der Waals surface area contributed by atoms with Crippen molar-refractivity contribution in [2.75, 3.05) is 32.4 Å². The number of hydrogen-bond donors (Lipinski definition) is 0. The highest BCUT2D eigenvalue weighted by atomic mass is 32.2. The van der Waals surface area contributed by atoms with Crippen LogP contribution in [0.4, 0.5) is 4.48 Å². The number of halogens is 1. The number of benzene rings is 1. The third-order valence-corrected chi connectivity index (χ3v) is 6.99. The van der Waals surface area contributed by atoms with Crippen LogP contribution >= 0.6 is 0 Å². The number of piperidine rings is 1. The van der Waals surface area contributed by atoms with E-state index in [2.05, 4.69) is 15.0 Å². The van der Waals surface area contributed by atoms with Gasteiger partial charge < -0.3 is 9.26 Å². The van der Waals surface area contributed by atoms with Crippen molar-refractivity contribution in [3.05, 3.63) is 53.9 Å². The second kappa shape index (κ2) is 9.57. The maximum Gasteiger partial charge on any atom is 0.264 e. The van der Waals surface area contributed by atoms with E-state index in [9.17, 15) is 12.9 Å². The molecule has 0 spiro atoms. The molecule has 11 heteroatoms. The minimum absolute atomic E-state index is 0.0913. The monoisotopic (exact) mass is 490 g/mol. The fraction of sp³-hybridized carbons (Fsp3) is 0.478. The number of ether oxygens (including phenoxy) is 1. The van der Waals surface area contributed by atoms with Gasteiger partial charge in [0.2, 0.25) is 5.88 Å². The van der Waals surface area contributed by atoms with Crippen LogP contribution in [0.3, 0.4) is 0 Å². The fourth-order valence-corrected chi connectivity index (χ4v) is 5.14. The Kier molecular flexibility index (Phi) is 6.52. The molecule has 2 fully saturated rings. The van der Waals surface area contributed by atoms with Crippen molar-refractivity contribution in [1.29, 1.82) is 0 Å². The van der Waals surface area contributed by atoms with Crippen LogP contribution in [0.5, 0.6) is 5.88 Å². The summed E-state index contributed by atoms with van der Waals surface area (Å²) in [7, 11) is -3.59. The predicted octanol–water partition coefficient (Wildman–Crippen LogP) is 3.10. The van der Waals surface area contributed by atoms with E-state index in [4.69, 9.17) is 13.4 Å². The molecule has 0 bridgehead atoms. The summed E-state index contributed by atoms with van der Waals surface area (Å²) in [5.41, 5.74) is 1.81. The summed E-state index contributed by atoms with van der Waals surface area (Å²) in [5.74, 6) is 0.441. The largest absolute Gasteiger partial charge is 0.467 e. The lowest BCUT2D eigenvalue weighted by Crippen LogP contribution is -2.55. The Morgan fingerprint density at radius 3 is 2.85 bits per heavy atom. The van der Waals surface area contributed by atoms with Gasteiger partial charge >= 0.3 is 0 Å². The zero-order valence-corrected chi connectivity index (χ0v) is 19.7. The van der Waals surface area contributed by atoms with Crippen LogP contribution in [0.1, 0.15) is 30.3 Å². The molecule has 3 unspecified atom stereocenters. The average molecular weight is 491 g/mol.